The lowest BCUT2D eigenvalue weighted by atomic mass is 9.96. The van der Waals surface area contributed by atoms with Gasteiger partial charge >= 0.3 is 5.97 Å². The van der Waals surface area contributed by atoms with Crippen molar-refractivity contribution in [1.82, 2.24) is 5.32 Å². The fourth-order valence-corrected chi connectivity index (χ4v) is 3.73. The summed E-state index contributed by atoms with van der Waals surface area (Å²) in [5.41, 5.74) is 3.51. The quantitative estimate of drug-likeness (QED) is 0.574. The molecule has 2 rings (SSSR count). The second-order valence-electron chi connectivity index (χ2n) is 6.41. The summed E-state index contributed by atoms with van der Waals surface area (Å²) >= 11 is 1.70. The van der Waals surface area contributed by atoms with Crippen LogP contribution in [0, 0.1) is 0 Å². The van der Waals surface area contributed by atoms with Gasteiger partial charge < -0.3 is 15.0 Å². The van der Waals surface area contributed by atoms with Crippen LogP contribution in [0.4, 0.5) is 5.69 Å². The van der Waals surface area contributed by atoms with Gasteiger partial charge in [-0.2, -0.15) is 0 Å². The molecule has 1 aliphatic heterocycles. The zero-order valence-electron chi connectivity index (χ0n) is 16.3. The van der Waals surface area contributed by atoms with E-state index in [2.05, 4.69) is 29.3 Å². The van der Waals surface area contributed by atoms with Crippen LogP contribution in [0.15, 0.2) is 40.5 Å². The molecule has 0 saturated heterocycles. The lowest BCUT2D eigenvalue weighted by molar-refractivity contribution is -0.138. The molecule has 1 aromatic carbocycles. The van der Waals surface area contributed by atoms with E-state index in [9.17, 15) is 4.79 Å². The fraction of sp³-hybridized carbons (Fsp3) is 0.500. The largest absolute Gasteiger partial charge is 0.463 e. The lowest BCUT2D eigenvalue weighted by Gasteiger charge is -2.26. The first-order valence-electron chi connectivity index (χ1n) is 9.10. The third-order valence-corrected chi connectivity index (χ3v) is 5.15. The number of amidine groups is 1. The van der Waals surface area contributed by atoms with Crippen molar-refractivity contribution in [3.8, 4) is 0 Å². The summed E-state index contributed by atoms with van der Waals surface area (Å²) in [6.45, 7) is 6.27. The minimum atomic E-state index is -0.337. The third-order valence-electron chi connectivity index (χ3n) is 4.18. The smallest absolute Gasteiger partial charge is 0.338 e. The molecule has 0 aromatic heterocycles. The Kier molecular flexibility index (Phi) is 7.57. The molecule has 0 spiro atoms. The molecule has 1 atom stereocenters. The number of unbranched alkanes of at least 4 members (excludes halogenated alkanes) is 1. The van der Waals surface area contributed by atoms with Crippen molar-refractivity contribution in [2.45, 2.75) is 39.7 Å². The highest BCUT2D eigenvalue weighted by Gasteiger charge is 2.30. The molecular formula is C20H29N3O2S. The number of carbonyl (C=O) groups excluding carboxylic acids is 1. The highest BCUT2D eigenvalue weighted by Crippen LogP contribution is 2.33. The Morgan fingerprint density at radius 2 is 1.96 bits per heavy atom. The van der Waals surface area contributed by atoms with Crippen molar-refractivity contribution in [3.63, 3.8) is 0 Å². The number of hydrogen-bond donors (Lipinski definition) is 1. The highest BCUT2D eigenvalue weighted by molar-refractivity contribution is 8.13. The number of esters is 1. The van der Waals surface area contributed by atoms with E-state index in [1.54, 1.807) is 11.8 Å². The standard InChI is InChI=1S/C20H29N3O2S/c1-6-8-13-26-20-21-14(3)17(19(24)25-7-2)18(22-20)15-9-11-16(12-10-15)23(4)5/h9-12,18H,6-8,13H2,1-5H3,(H,21,22)/t18-/m0/s1. The number of rotatable bonds is 7. The molecule has 0 bridgehead atoms. The number of carbonyl (C=O) groups is 1. The fourth-order valence-electron chi connectivity index (χ4n) is 2.70. The number of aliphatic imine (C=N–C) groups is 1. The molecule has 0 radical (unpaired) electrons. The van der Waals surface area contributed by atoms with Gasteiger partial charge in [0.05, 0.1) is 12.2 Å². The molecule has 6 heteroatoms. The van der Waals surface area contributed by atoms with E-state index in [1.807, 2.05) is 40.1 Å². The molecule has 1 N–H and O–H groups in total. The van der Waals surface area contributed by atoms with Crippen LogP contribution in [-0.4, -0.2) is 37.6 Å². The Hall–Kier alpha value is -1.95. The van der Waals surface area contributed by atoms with Crippen LogP contribution in [-0.2, 0) is 9.53 Å². The first-order chi connectivity index (χ1) is 12.5. The molecule has 1 aliphatic rings. The molecule has 0 amide bonds. The summed E-state index contributed by atoms with van der Waals surface area (Å²) in [6, 6.07) is 7.84. The lowest BCUT2D eigenvalue weighted by Crippen LogP contribution is -2.30. The van der Waals surface area contributed by atoms with Gasteiger partial charge in [0, 0.05) is 31.2 Å². The predicted octanol–water partition coefficient (Wildman–Crippen LogP) is 4.12. The van der Waals surface area contributed by atoms with Crippen LogP contribution in [0.3, 0.4) is 0 Å². The van der Waals surface area contributed by atoms with E-state index in [-0.39, 0.29) is 12.0 Å². The summed E-state index contributed by atoms with van der Waals surface area (Å²) in [7, 11) is 4.02. The van der Waals surface area contributed by atoms with Crippen molar-refractivity contribution in [2.75, 3.05) is 31.4 Å². The zero-order chi connectivity index (χ0) is 19.1. The van der Waals surface area contributed by atoms with Gasteiger partial charge in [0.1, 0.15) is 6.04 Å². The molecule has 0 unspecified atom stereocenters. The summed E-state index contributed by atoms with van der Waals surface area (Å²) < 4.78 is 5.28. The van der Waals surface area contributed by atoms with Crippen molar-refractivity contribution >= 4 is 28.6 Å². The number of nitrogens with one attached hydrogen (secondary N) is 1. The van der Waals surface area contributed by atoms with E-state index >= 15 is 0 Å². The molecule has 1 aromatic rings. The van der Waals surface area contributed by atoms with Gasteiger partial charge in [-0.3, -0.25) is 0 Å². The minimum absolute atomic E-state index is 0.305. The highest BCUT2D eigenvalue weighted by atomic mass is 32.2. The number of allylic oxidation sites excluding steroid dienone is 1. The van der Waals surface area contributed by atoms with Crippen molar-refractivity contribution in [1.29, 1.82) is 0 Å². The average molecular weight is 376 g/mol. The topological polar surface area (TPSA) is 53.9 Å². The van der Waals surface area contributed by atoms with E-state index in [0.717, 1.165) is 40.7 Å². The molecule has 0 fully saturated rings. The van der Waals surface area contributed by atoms with Gasteiger partial charge in [0.15, 0.2) is 5.17 Å². The van der Waals surface area contributed by atoms with Gasteiger partial charge in [-0.15, -0.1) is 0 Å². The van der Waals surface area contributed by atoms with Crippen molar-refractivity contribution in [2.24, 2.45) is 4.99 Å². The van der Waals surface area contributed by atoms with E-state index < -0.39 is 0 Å². The van der Waals surface area contributed by atoms with Gasteiger partial charge in [0.25, 0.3) is 0 Å². The minimum Gasteiger partial charge on any atom is -0.463 e. The Labute approximate surface area is 160 Å². The molecule has 1 heterocycles. The Morgan fingerprint density at radius 3 is 2.54 bits per heavy atom. The van der Waals surface area contributed by atoms with E-state index in [1.165, 1.54) is 0 Å². The normalized spacial score (nSPS) is 16.8. The number of nitrogens with zero attached hydrogens (tertiary/aromatic N) is 2. The second kappa shape index (κ2) is 9.67. The van der Waals surface area contributed by atoms with Gasteiger partial charge in [0.2, 0.25) is 0 Å². The Bertz CT molecular complexity index is 681. The summed E-state index contributed by atoms with van der Waals surface area (Å²) in [5, 5.41) is 4.14. The van der Waals surface area contributed by atoms with E-state index in [0.29, 0.717) is 12.2 Å². The number of ether oxygens (including phenoxy) is 1. The van der Waals surface area contributed by atoms with Gasteiger partial charge in [-0.25, -0.2) is 9.79 Å². The van der Waals surface area contributed by atoms with Crippen LogP contribution >= 0.6 is 11.8 Å². The van der Waals surface area contributed by atoms with Gasteiger partial charge in [-0.1, -0.05) is 37.2 Å². The summed E-state index contributed by atoms with van der Waals surface area (Å²) in [4.78, 5) is 19.4. The molecular weight excluding hydrogens is 346 g/mol. The molecule has 5 nitrogen and oxygen atoms in total. The van der Waals surface area contributed by atoms with Crippen molar-refractivity contribution < 1.29 is 9.53 Å². The molecule has 142 valence electrons. The Balaban J connectivity index is 2.34. The molecule has 26 heavy (non-hydrogen) atoms. The van der Waals surface area contributed by atoms with Gasteiger partial charge in [-0.05, 0) is 38.0 Å². The SMILES string of the molecule is CCCCSC1=N[C@@H](c2ccc(N(C)C)cc2)C(C(=O)OCC)=C(C)N1. The monoisotopic (exact) mass is 375 g/mol. The van der Waals surface area contributed by atoms with Crippen LogP contribution in [0.5, 0.6) is 0 Å². The number of thioether (sulfide) groups is 1. The number of anilines is 1. The number of hydrogen-bond acceptors (Lipinski definition) is 6. The van der Waals surface area contributed by atoms with Crippen LogP contribution in [0.25, 0.3) is 0 Å². The zero-order valence-corrected chi connectivity index (χ0v) is 17.2. The van der Waals surface area contributed by atoms with Crippen LogP contribution < -0.4 is 10.2 Å². The molecule has 0 saturated carbocycles. The first kappa shape index (κ1) is 20.4. The number of benzene rings is 1. The second-order valence-corrected chi connectivity index (χ2v) is 7.49. The van der Waals surface area contributed by atoms with E-state index in [4.69, 9.17) is 9.73 Å². The summed E-state index contributed by atoms with van der Waals surface area (Å²) in [6.07, 6.45) is 2.29. The Morgan fingerprint density at radius 1 is 1.27 bits per heavy atom. The van der Waals surface area contributed by atoms with Crippen LogP contribution in [0.1, 0.15) is 45.2 Å². The maximum atomic E-state index is 12.5. The van der Waals surface area contributed by atoms with Crippen LogP contribution in [0.2, 0.25) is 0 Å². The van der Waals surface area contributed by atoms with Crippen molar-refractivity contribution in [3.05, 3.63) is 41.1 Å². The predicted molar refractivity (Wildman–Crippen MR) is 111 cm³/mol. The average Bonchev–Trinajstić information content (AvgIpc) is 2.61. The maximum Gasteiger partial charge on any atom is 0.338 e. The first-order valence-corrected chi connectivity index (χ1v) is 10.1. The molecule has 0 aliphatic carbocycles. The summed E-state index contributed by atoms with van der Waals surface area (Å²) in [5.74, 6) is 0.706. The third kappa shape index (κ3) is 5.04. The maximum absolute atomic E-state index is 12.5.